The number of rotatable bonds is 11. The largest absolute Gasteiger partial charge is 0.496 e. The molecule has 4 rings (SSSR count). The lowest BCUT2D eigenvalue weighted by Crippen LogP contribution is -2.12. The molecule has 0 unspecified atom stereocenters. The van der Waals surface area contributed by atoms with E-state index < -0.39 is 0 Å². The highest BCUT2D eigenvalue weighted by atomic mass is 32.2. The van der Waals surface area contributed by atoms with Gasteiger partial charge in [-0.3, -0.25) is 0 Å². The molecule has 0 N–H and O–H groups in total. The van der Waals surface area contributed by atoms with Crippen LogP contribution in [0.5, 0.6) is 11.5 Å². The smallest absolute Gasteiger partial charge is 0.191 e. The Hall–Kier alpha value is -3.36. The van der Waals surface area contributed by atoms with E-state index in [1.807, 2.05) is 47.0 Å². The number of halogens is 1. The molecule has 34 heavy (non-hydrogen) atoms. The summed E-state index contributed by atoms with van der Waals surface area (Å²) in [5, 5.41) is 9.43. The summed E-state index contributed by atoms with van der Waals surface area (Å²) in [7, 11) is 3.23. The van der Waals surface area contributed by atoms with Gasteiger partial charge in [-0.15, -0.1) is 10.2 Å². The van der Waals surface area contributed by atoms with Gasteiger partial charge in [-0.25, -0.2) is 4.39 Å². The standard InChI is InChI=1S/C26H26FN3O3S/c1-31-15-14-30-25(17-33-24-11-7-6-10-22(24)19-8-4-3-5-9-19)28-29-26(30)34-18-20-16-21(27)12-13-23(20)32-2/h3-13,16H,14-15,17-18H2,1-2H3. The molecule has 0 atom stereocenters. The predicted molar refractivity (Wildman–Crippen MR) is 131 cm³/mol. The Balaban J connectivity index is 1.52. The predicted octanol–water partition coefficient (Wildman–Crippen LogP) is 5.61. The van der Waals surface area contributed by atoms with Crippen molar-refractivity contribution in [3.8, 4) is 22.6 Å². The molecule has 0 fully saturated rings. The maximum absolute atomic E-state index is 13.7. The monoisotopic (exact) mass is 479 g/mol. The second-order valence-corrected chi connectivity index (χ2v) is 8.38. The zero-order valence-electron chi connectivity index (χ0n) is 19.1. The number of aromatic nitrogens is 3. The van der Waals surface area contributed by atoms with Crippen molar-refractivity contribution in [1.29, 1.82) is 0 Å². The molecule has 3 aromatic carbocycles. The molecule has 1 aromatic heterocycles. The lowest BCUT2D eigenvalue weighted by molar-refractivity contribution is 0.181. The molecule has 0 radical (unpaired) electrons. The molecule has 176 valence electrons. The van der Waals surface area contributed by atoms with Crippen molar-refractivity contribution < 1.29 is 18.6 Å². The number of hydrogen-bond donors (Lipinski definition) is 0. The van der Waals surface area contributed by atoms with Gasteiger partial charge in [0.25, 0.3) is 0 Å². The summed E-state index contributed by atoms with van der Waals surface area (Å²) in [4.78, 5) is 0. The average molecular weight is 480 g/mol. The fourth-order valence-electron chi connectivity index (χ4n) is 3.53. The summed E-state index contributed by atoms with van der Waals surface area (Å²) in [6.45, 7) is 1.33. The summed E-state index contributed by atoms with van der Waals surface area (Å²) >= 11 is 1.46. The Morgan fingerprint density at radius 3 is 2.50 bits per heavy atom. The fraction of sp³-hybridized carbons (Fsp3) is 0.231. The Kier molecular flexibility index (Phi) is 8.17. The third-order valence-electron chi connectivity index (χ3n) is 5.24. The van der Waals surface area contributed by atoms with Gasteiger partial charge in [0.1, 0.15) is 23.9 Å². The zero-order valence-corrected chi connectivity index (χ0v) is 19.9. The second kappa shape index (κ2) is 11.7. The summed E-state index contributed by atoms with van der Waals surface area (Å²) in [6.07, 6.45) is 0. The van der Waals surface area contributed by atoms with Gasteiger partial charge in [-0.05, 0) is 29.8 Å². The highest BCUT2D eigenvalue weighted by molar-refractivity contribution is 7.98. The van der Waals surface area contributed by atoms with E-state index in [2.05, 4.69) is 22.3 Å². The van der Waals surface area contributed by atoms with Crippen LogP contribution in [0.1, 0.15) is 11.4 Å². The zero-order chi connectivity index (χ0) is 23.8. The van der Waals surface area contributed by atoms with Crippen LogP contribution in [-0.4, -0.2) is 35.6 Å². The van der Waals surface area contributed by atoms with E-state index in [0.29, 0.717) is 35.6 Å². The maximum Gasteiger partial charge on any atom is 0.191 e. The van der Waals surface area contributed by atoms with Crippen LogP contribution in [0.3, 0.4) is 0 Å². The van der Waals surface area contributed by atoms with Gasteiger partial charge in [0.15, 0.2) is 11.0 Å². The van der Waals surface area contributed by atoms with Gasteiger partial charge in [0, 0.05) is 30.5 Å². The number of nitrogens with zero attached hydrogens (tertiary/aromatic N) is 3. The normalized spacial score (nSPS) is 10.9. The second-order valence-electron chi connectivity index (χ2n) is 7.44. The van der Waals surface area contributed by atoms with Gasteiger partial charge in [0.2, 0.25) is 0 Å². The highest BCUT2D eigenvalue weighted by Gasteiger charge is 2.16. The number of thioether (sulfide) groups is 1. The lowest BCUT2D eigenvalue weighted by atomic mass is 10.1. The van der Waals surface area contributed by atoms with Gasteiger partial charge < -0.3 is 18.8 Å². The molecule has 0 bridgehead atoms. The molecule has 1 heterocycles. The first-order valence-corrected chi connectivity index (χ1v) is 11.8. The Bertz CT molecular complexity index is 1220. The highest BCUT2D eigenvalue weighted by Crippen LogP contribution is 2.31. The van der Waals surface area contributed by atoms with Crippen molar-refractivity contribution in [3.63, 3.8) is 0 Å². The van der Waals surface area contributed by atoms with E-state index in [9.17, 15) is 4.39 Å². The number of methoxy groups -OCH3 is 2. The molecule has 0 saturated carbocycles. The quantitative estimate of drug-likeness (QED) is 0.261. The third-order valence-corrected chi connectivity index (χ3v) is 6.26. The summed E-state index contributed by atoms with van der Waals surface area (Å²) < 4.78 is 32.6. The minimum atomic E-state index is -0.302. The van der Waals surface area contributed by atoms with Crippen molar-refractivity contribution in [3.05, 3.63) is 90.0 Å². The van der Waals surface area contributed by atoms with E-state index in [-0.39, 0.29) is 12.4 Å². The topological polar surface area (TPSA) is 58.4 Å². The van der Waals surface area contributed by atoms with Crippen LogP contribution in [0.15, 0.2) is 78.0 Å². The van der Waals surface area contributed by atoms with E-state index in [4.69, 9.17) is 14.2 Å². The van der Waals surface area contributed by atoms with Crippen molar-refractivity contribution in [1.82, 2.24) is 14.8 Å². The fourth-order valence-corrected chi connectivity index (χ4v) is 4.49. The first-order valence-electron chi connectivity index (χ1n) is 10.8. The van der Waals surface area contributed by atoms with Gasteiger partial charge in [0.05, 0.1) is 13.7 Å². The Morgan fingerprint density at radius 1 is 0.912 bits per heavy atom. The number of hydrogen-bond acceptors (Lipinski definition) is 6. The maximum atomic E-state index is 13.7. The van der Waals surface area contributed by atoms with Gasteiger partial charge in [-0.2, -0.15) is 0 Å². The first-order chi connectivity index (χ1) is 16.7. The minimum Gasteiger partial charge on any atom is -0.496 e. The molecule has 0 aliphatic heterocycles. The first kappa shape index (κ1) is 23.8. The van der Waals surface area contributed by atoms with Gasteiger partial charge in [-0.1, -0.05) is 60.3 Å². The Morgan fingerprint density at radius 2 is 1.71 bits per heavy atom. The molecule has 6 nitrogen and oxygen atoms in total. The van der Waals surface area contributed by atoms with Crippen LogP contribution >= 0.6 is 11.8 Å². The van der Waals surface area contributed by atoms with Crippen molar-refractivity contribution in [2.75, 3.05) is 20.8 Å². The van der Waals surface area contributed by atoms with Crippen molar-refractivity contribution >= 4 is 11.8 Å². The third kappa shape index (κ3) is 5.76. The SMILES string of the molecule is COCCn1c(COc2ccccc2-c2ccccc2)nnc1SCc1cc(F)ccc1OC. The lowest BCUT2D eigenvalue weighted by Gasteiger charge is -2.13. The van der Waals surface area contributed by atoms with Crippen molar-refractivity contribution in [2.24, 2.45) is 0 Å². The summed E-state index contributed by atoms with van der Waals surface area (Å²) in [6, 6.07) is 22.5. The van der Waals surface area contributed by atoms with E-state index in [0.717, 1.165) is 22.4 Å². The van der Waals surface area contributed by atoms with Crippen LogP contribution in [0.2, 0.25) is 0 Å². The van der Waals surface area contributed by atoms with Crippen molar-refractivity contribution in [2.45, 2.75) is 24.1 Å². The van der Waals surface area contributed by atoms with Gasteiger partial charge >= 0.3 is 0 Å². The number of benzene rings is 3. The van der Waals surface area contributed by atoms with Crippen LogP contribution < -0.4 is 9.47 Å². The minimum absolute atomic E-state index is 0.254. The summed E-state index contributed by atoms with van der Waals surface area (Å²) in [5.74, 6) is 2.28. The molecule has 8 heteroatoms. The molecular formula is C26H26FN3O3S. The Labute approximate surface area is 202 Å². The molecule has 0 aliphatic carbocycles. The average Bonchev–Trinajstić information content (AvgIpc) is 3.27. The summed E-state index contributed by atoms with van der Waals surface area (Å²) in [5.41, 5.74) is 2.85. The molecule has 0 saturated heterocycles. The van der Waals surface area contributed by atoms with Crippen LogP contribution in [0, 0.1) is 5.82 Å². The molecule has 0 amide bonds. The van der Waals surface area contributed by atoms with Crippen LogP contribution in [-0.2, 0) is 23.6 Å². The molecule has 0 spiro atoms. The number of ether oxygens (including phenoxy) is 3. The van der Waals surface area contributed by atoms with E-state index in [1.165, 1.54) is 23.9 Å². The van der Waals surface area contributed by atoms with Crippen LogP contribution in [0.25, 0.3) is 11.1 Å². The van der Waals surface area contributed by atoms with E-state index in [1.54, 1.807) is 20.3 Å². The molecule has 4 aromatic rings. The van der Waals surface area contributed by atoms with Crippen LogP contribution in [0.4, 0.5) is 4.39 Å². The molecule has 0 aliphatic rings. The molecular weight excluding hydrogens is 453 g/mol. The number of para-hydroxylation sites is 1. The van der Waals surface area contributed by atoms with E-state index >= 15 is 0 Å².